The van der Waals surface area contributed by atoms with E-state index < -0.39 is 23.3 Å². The van der Waals surface area contributed by atoms with E-state index in [0.717, 1.165) is 5.56 Å². The zero-order valence-corrected chi connectivity index (χ0v) is 13.6. The predicted molar refractivity (Wildman–Crippen MR) is 82.1 cm³/mol. The number of imide groups is 1. The number of aryl methyl sites for hydroxylation is 1. The highest BCUT2D eigenvalue weighted by atomic mass is 79.9. The summed E-state index contributed by atoms with van der Waals surface area (Å²) >= 11 is 3.29. The fourth-order valence-corrected chi connectivity index (χ4v) is 1.88. The molecule has 1 aromatic carbocycles. The topological polar surface area (TPSA) is 95.5 Å². The third-order valence-corrected chi connectivity index (χ3v) is 3.50. The lowest BCUT2D eigenvalue weighted by atomic mass is 9.89. The highest BCUT2D eigenvalue weighted by Gasteiger charge is 2.30. The van der Waals surface area contributed by atoms with Crippen molar-refractivity contribution >= 4 is 39.5 Å². The van der Waals surface area contributed by atoms with Crippen molar-refractivity contribution in [3.8, 4) is 0 Å². The molecule has 1 rings (SSSR count). The molecule has 0 unspecified atom stereocenters. The van der Waals surface area contributed by atoms with Crippen LogP contribution >= 0.6 is 15.9 Å². The van der Waals surface area contributed by atoms with Crippen LogP contribution in [0, 0.1) is 12.3 Å². The average Bonchev–Trinajstić information content (AvgIpc) is 2.32. The number of aliphatic carboxylic acids is 1. The second-order valence-electron chi connectivity index (χ2n) is 5.35. The van der Waals surface area contributed by atoms with E-state index in [0.29, 0.717) is 10.2 Å². The largest absolute Gasteiger partial charge is 0.481 e. The molecule has 3 N–H and O–H groups in total. The molecule has 0 atom stereocenters. The third kappa shape index (κ3) is 5.18. The number of carboxylic acids is 1. The van der Waals surface area contributed by atoms with Gasteiger partial charge in [0.1, 0.15) is 0 Å². The van der Waals surface area contributed by atoms with Crippen LogP contribution in [0.1, 0.15) is 25.8 Å². The van der Waals surface area contributed by atoms with Gasteiger partial charge in [0.25, 0.3) is 0 Å². The quantitative estimate of drug-likeness (QED) is 0.772. The van der Waals surface area contributed by atoms with Gasteiger partial charge in [0.05, 0.1) is 11.1 Å². The highest BCUT2D eigenvalue weighted by Crippen LogP contribution is 2.23. The molecular formula is C14H17BrN2O4. The number of carbonyl (C=O) groups is 3. The summed E-state index contributed by atoms with van der Waals surface area (Å²) < 4.78 is 0.682. The molecule has 0 bridgehead atoms. The number of carboxylic acid groups (broad SMARTS) is 1. The number of rotatable bonds is 4. The van der Waals surface area contributed by atoms with Gasteiger partial charge in [-0.05, 0) is 54.4 Å². The summed E-state index contributed by atoms with van der Waals surface area (Å²) in [5.74, 6) is -1.75. The average molecular weight is 357 g/mol. The number of benzene rings is 1. The van der Waals surface area contributed by atoms with Crippen LogP contribution in [0.4, 0.5) is 10.5 Å². The van der Waals surface area contributed by atoms with Crippen molar-refractivity contribution in [1.82, 2.24) is 5.32 Å². The third-order valence-electron chi connectivity index (χ3n) is 2.80. The molecule has 0 saturated heterocycles. The van der Waals surface area contributed by atoms with Crippen molar-refractivity contribution in [1.29, 1.82) is 0 Å². The molecular weight excluding hydrogens is 340 g/mol. The Hall–Kier alpha value is -1.89. The Morgan fingerprint density at radius 1 is 1.29 bits per heavy atom. The molecule has 0 aliphatic rings. The lowest BCUT2D eigenvalue weighted by Crippen LogP contribution is -2.38. The van der Waals surface area contributed by atoms with Crippen LogP contribution in [0.2, 0.25) is 0 Å². The molecule has 0 heterocycles. The van der Waals surface area contributed by atoms with E-state index in [2.05, 4.69) is 26.6 Å². The van der Waals surface area contributed by atoms with Crippen LogP contribution in [0.25, 0.3) is 0 Å². The van der Waals surface area contributed by atoms with E-state index in [1.54, 1.807) is 12.1 Å². The minimum Gasteiger partial charge on any atom is -0.481 e. The number of urea groups is 1. The van der Waals surface area contributed by atoms with E-state index in [-0.39, 0.29) is 6.42 Å². The van der Waals surface area contributed by atoms with Crippen molar-refractivity contribution in [2.24, 2.45) is 5.41 Å². The summed E-state index contributed by atoms with van der Waals surface area (Å²) in [5, 5.41) is 13.6. The molecule has 0 radical (unpaired) electrons. The van der Waals surface area contributed by atoms with Crippen LogP contribution in [0.5, 0.6) is 0 Å². The first kappa shape index (κ1) is 17.2. The van der Waals surface area contributed by atoms with Crippen molar-refractivity contribution in [2.45, 2.75) is 27.2 Å². The minimum absolute atomic E-state index is 0.287. The van der Waals surface area contributed by atoms with Gasteiger partial charge in [0, 0.05) is 10.9 Å². The molecule has 0 spiro atoms. The fraction of sp³-hybridized carbons (Fsp3) is 0.357. The van der Waals surface area contributed by atoms with Gasteiger partial charge in [0.15, 0.2) is 0 Å². The Morgan fingerprint density at radius 2 is 1.90 bits per heavy atom. The zero-order valence-electron chi connectivity index (χ0n) is 12.0. The second-order valence-corrected chi connectivity index (χ2v) is 6.21. The van der Waals surface area contributed by atoms with E-state index in [4.69, 9.17) is 5.11 Å². The van der Waals surface area contributed by atoms with Crippen molar-refractivity contribution in [3.05, 3.63) is 28.2 Å². The summed E-state index contributed by atoms with van der Waals surface area (Å²) in [6.07, 6.45) is -0.287. The first-order valence-electron chi connectivity index (χ1n) is 6.22. The number of nitrogens with one attached hydrogen (secondary N) is 2. The number of hydrogen-bond acceptors (Lipinski definition) is 3. The predicted octanol–water partition coefficient (Wildman–Crippen LogP) is 2.91. The van der Waals surface area contributed by atoms with E-state index in [1.807, 2.05) is 13.0 Å². The first-order chi connectivity index (χ1) is 9.61. The zero-order chi connectivity index (χ0) is 16.2. The summed E-state index contributed by atoms with van der Waals surface area (Å²) in [5.41, 5.74) is 0.249. The highest BCUT2D eigenvalue weighted by molar-refractivity contribution is 9.10. The number of halogens is 1. The maximum Gasteiger partial charge on any atom is 0.325 e. The number of amides is 3. The molecule has 0 fully saturated rings. The Bertz CT molecular complexity index is 584. The molecule has 0 aliphatic carbocycles. The summed E-state index contributed by atoms with van der Waals surface area (Å²) in [6.45, 7) is 4.71. The fourth-order valence-electron chi connectivity index (χ4n) is 1.54. The van der Waals surface area contributed by atoms with Gasteiger partial charge in [-0.25, -0.2) is 4.79 Å². The molecule has 21 heavy (non-hydrogen) atoms. The summed E-state index contributed by atoms with van der Waals surface area (Å²) in [4.78, 5) is 34.3. The Morgan fingerprint density at radius 3 is 2.48 bits per heavy atom. The van der Waals surface area contributed by atoms with Gasteiger partial charge < -0.3 is 10.4 Å². The standard InChI is InChI=1S/C14H17BrN2O4/c1-8-4-5-9(15)10(6-8)16-13(21)17-11(18)7-14(2,3)12(19)20/h4-6H,7H2,1-3H3,(H,19,20)(H2,16,17,18,21). The van der Waals surface area contributed by atoms with E-state index >= 15 is 0 Å². The molecule has 7 heteroatoms. The van der Waals surface area contributed by atoms with E-state index in [9.17, 15) is 14.4 Å². The minimum atomic E-state index is -1.23. The molecule has 3 amide bonds. The smallest absolute Gasteiger partial charge is 0.325 e. The Balaban J connectivity index is 2.64. The summed E-state index contributed by atoms with van der Waals surface area (Å²) in [6, 6.07) is 4.69. The molecule has 1 aromatic rings. The van der Waals surface area contributed by atoms with E-state index in [1.165, 1.54) is 13.8 Å². The number of anilines is 1. The van der Waals surface area contributed by atoms with Crippen LogP contribution in [-0.4, -0.2) is 23.0 Å². The van der Waals surface area contributed by atoms with Gasteiger partial charge in [-0.2, -0.15) is 0 Å². The normalized spacial score (nSPS) is 10.9. The molecule has 114 valence electrons. The lowest BCUT2D eigenvalue weighted by Gasteiger charge is -2.18. The van der Waals surface area contributed by atoms with Crippen LogP contribution in [0.3, 0.4) is 0 Å². The Labute approximate surface area is 131 Å². The van der Waals surface area contributed by atoms with Crippen molar-refractivity contribution in [3.63, 3.8) is 0 Å². The molecule has 6 nitrogen and oxygen atoms in total. The number of carbonyl (C=O) groups excluding carboxylic acids is 2. The molecule has 0 aliphatic heterocycles. The number of hydrogen-bond donors (Lipinski definition) is 3. The maximum atomic E-state index is 11.7. The van der Waals surface area contributed by atoms with Crippen LogP contribution in [-0.2, 0) is 9.59 Å². The van der Waals surface area contributed by atoms with Gasteiger partial charge in [-0.3, -0.25) is 14.9 Å². The lowest BCUT2D eigenvalue weighted by molar-refractivity contribution is -0.149. The van der Waals surface area contributed by atoms with Crippen molar-refractivity contribution in [2.75, 3.05) is 5.32 Å². The maximum absolute atomic E-state index is 11.7. The van der Waals surface area contributed by atoms with Gasteiger partial charge in [0.2, 0.25) is 5.91 Å². The van der Waals surface area contributed by atoms with Crippen LogP contribution in [0.15, 0.2) is 22.7 Å². The molecule has 0 aromatic heterocycles. The van der Waals surface area contributed by atoms with Crippen molar-refractivity contribution < 1.29 is 19.5 Å². The first-order valence-corrected chi connectivity index (χ1v) is 7.01. The monoisotopic (exact) mass is 356 g/mol. The second kappa shape index (κ2) is 6.71. The van der Waals surface area contributed by atoms with Gasteiger partial charge in [-0.15, -0.1) is 0 Å². The molecule has 0 saturated carbocycles. The van der Waals surface area contributed by atoms with Gasteiger partial charge >= 0.3 is 12.0 Å². The van der Waals surface area contributed by atoms with Gasteiger partial charge in [-0.1, -0.05) is 6.07 Å². The Kier molecular flexibility index (Phi) is 5.48. The van der Waals surface area contributed by atoms with Crippen LogP contribution < -0.4 is 10.6 Å². The SMILES string of the molecule is Cc1ccc(Br)c(NC(=O)NC(=O)CC(C)(C)C(=O)O)c1. The summed E-state index contributed by atoms with van der Waals surface area (Å²) in [7, 11) is 0.